The van der Waals surface area contributed by atoms with Crippen LogP contribution in [0.4, 0.5) is 0 Å². The molecule has 3 heteroatoms. The fraction of sp³-hybridized carbons (Fsp3) is 0.353. The third kappa shape index (κ3) is 4.06. The maximum atomic E-state index is 6.24. The average Bonchev–Trinajstić information content (AvgIpc) is 2.34. The third-order valence-electron chi connectivity index (χ3n) is 3.00. The number of hydrogen-bond acceptors (Lipinski definition) is 2. The van der Waals surface area contributed by atoms with Gasteiger partial charge in [0.05, 0.1) is 5.52 Å². The lowest BCUT2D eigenvalue weighted by Crippen LogP contribution is -2.35. The summed E-state index contributed by atoms with van der Waals surface area (Å²) in [5.74, 6) is 0. The summed E-state index contributed by atoms with van der Waals surface area (Å²) in [7, 11) is 0. The Kier molecular flexibility index (Phi) is 4.46. The van der Waals surface area contributed by atoms with Gasteiger partial charge in [-0.15, -0.1) is 0 Å². The number of rotatable bonds is 3. The molecule has 0 aliphatic carbocycles. The van der Waals surface area contributed by atoms with E-state index in [1.807, 2.05) is 6.08 Å². The quantitative estimate of drug-likeness (QED) is 0.835. The van der Waals surface area contributed by atoms with Gasteiger partial charge in [-0.25, -0.2) is 4.98 Å². The van der Waals surface area contributed by atoms with Gasteiger partial charge in [0.25, 0.3) is 0 Å². The predicted molar refractivity (Wildman–Crippen MR) is 88.3 cm³/mol. The molecule has 0 saturated carbocycles. The van der Waals surface area contributed by atoms with E-state index in [1.54, 1.807) is 0 Å². The topological polar surface area (TPSA) is 24.9 Å². The predicted octanol–water partition coefficient (Wildman–Crippen LogP) is 4.60. The molecular weight excluding hydrogens is 268 g/mol. The van der Waals surface area contributed by atoms with Crippen LogP contribution in [0.5, 0.6) is 0 Å². The van der Waals surface area contributed by atoms with E-state index in [1.165, 1.54) is 5.56 Å². The highest BCUT2D eigenvalue weighted by Gasteiger charge is 2.06. The zero-order valence-electron chi connectivity index (χ0n) is 12.5. The van der Waals surface area contributed by atoms with Crippen molar-refractivity contribution in [3.8, 4) is 0 Å². The van der Waals surface area contributed by atoms with Crippen molar-refractivity contribution in [2.75, 3.05) is 6.54 Å². The van der Waals surface area contributed by atoms with Gasteiger partial charge in [0.1, 0.15) is 5.15 Å². The molecule has 0 spiro atoms. The van der Waals surface area contributed by atoms with Crippen molar-refractivity contribution in [1.82, 2.24) is 10.3 Å². The Labute approximate surface area is 125 Å². The molecular formula is C17H21ClN2. The summed E-state index contributed by atoms with van der Waals surface area (Å²) in [5, 5.41) is 5.07. The summed E-state index contributed by atoms with van der Waals surface area (Å²) in [4.78, 5) is 4.46. The van der Waals surface area contributed by atoms with Crippen LogP contribution in [0.15, 0.2) is 30.3 Å². The highest BCUT2D eigenvalue weighted by atomic mass is 35.5. The third-order valence-corrected chi connectivity index (χ3v) is 3.30. The second-order valence-electron chi connectivity index (χ2n) is 6.10. The maximum absolute atomic E-state index is 6.24. The van der Waals surface area contributed by atoms with Crippen LogP contribution in [0.1, 0.15) is 31.9 Å². The second kappa shape index (κ2) is 5.94. The van der Waals surface area contributed by atoms with Gasteiger partial charge in [-0.2, -0.15) is 0 Å². The molecule has 0 aliphatic rings. The molecule has 1 aromatic heterocycles. The second-order valence-corrected chi connectivity index (χ2v) is 6.46. The van der Waals surface area contributed by atoms with Crippen molar-refractivity contribution in [3.63, 3.8) is 0 Å². The summed E-state index contributed by atoms with van der Waals surface area (Å²) in [6.07, 6.45) is 4.10. The van der Waals surface area contributed by atoms with Crippen LogP contribution in [-0.2, 0) is 0 Å². The van der Waals surface area contributed by atoms with Gasteiger partial charge in [0.15, 0.2) is 0 Å². The molecule has 106 valence electrons. The standard InChI is InChI=1S/C17H21ClN2/c1-12-7-8-13-11-14(16(18)20-15(13)10-12)6-5-9-19-17(2,3)4/h5-8,10-11,19H,9H2,1-4H3. The molecule has 0 fully saturated rings. The van der Waals surface area contributed by atoms with Crippen molar-refractivity contribution in [2.24, 2.45) is 0 Å². The summed E-state index contributed by atoms with van der Waals surface area (Å²) in [6, 6.07) is 8.30. The molecule has 2 nitrogen and oxygen atoms in total. The zero-order valence-corrected chi connectivity index (χ0v) is 13.3. The molecule has 0 amide bonds. The van der Waals surface area contributed by atoms with Crippen LogP contribution in [0.3, 0.4) is 0 Å². The fourth-order valence-corrected chi connectivity index (χ4v) is 2.15. The van der Waals surface area contributed by atoms with Crippen LogP contribution in [-0.4, -0.2) is 17.1 Å². The number of nitrogens with zero attached hydrogens (tertiary/aromatic N) is 1. The number of nitrogens with one attached hydrogen (secondary N) is 1. The number of aromatic nitrogens is 1. The number of fused-ring (bicyclic) bond motifs is 1. The average molecular weight is 289 g/mol. The first-order chi connectivity index (χ1) is 9.35. The molecule has 2 aromatic rings. The normalized spacial score (nSPS) is 12.4. The Hall–Kier alpha value is -1.38. The van der Waals surface area contributed by atoms with E-state index in [4.69, 9.17) is 11.6 Å². The summed E-state index contributed by atoms with van der Waals surface area (Å²) < 4.78 is 0. The van der Waals surface area contributed by atoms with Gasteiger partial charge < -0.3 is 5.32 Å². The molecule has 0 atom stereocenters. The van der Waals surface area contributed by atoms with Crippen LogP contribution in [0.2, 0.25) is 5.15 Å². The van der Waals surface area contributed by atoms with Crippen LogP contribution in [0.25, 0.3) is 17.0 Å². The summed E-state index contributed by atoms with van der Waals surface area (Å²) in [5.41, 5.74) is 3.21. The molecule has 0 bridgehead atoms. The van der Waals surface area contributed by atoms with Crippen molar-refractivity contribution < 1.29 is 0 Å². The molecule has 1 aromatic carbocycles. The molecule has 0 aliphatic heterocycles. The number of benzene rings is 1. The first kappa shape index (κ1) is 15.0. The lowest BCUT2D eigenvalue weighted by atomic mass is 10.1. The maximum Gasteiger partial charge on any atom is 0.136 e. The number of hydrogen-bond donors (Lipinski definition) is 1. The molecule has 1 heterocycles. The van der Waals surface area contributed by atoms with Crippen LogP contribution < -0.4 is 5.32 Å². The Morgan fingerprint density at radius 2 is 2.00 bits per heavy atom. The van der Waals surface area contributed by atoms with Crippen molar-refractivity contribution in [1.29, 1.82) is 0 Å². The van der Waals surface area contributed by atoms with Gasteiger partial charge in [0, 0.05) is 23.0 Å². The van der Waals surface area contributed by atoms with Crippen LogP contribution >= 0.6 is 11.6 Å². The summed E-state index contributed by atoms with van der Waals surface area (Å²) >= 11 is 6.24. The highest BCUT2D eigenvalue weighted by molar-refractivity contribution is 6.31. The number of halogens is 1. The molecule has 1 N–H and O–H groups in total. The summed E-state index contributed by atoms with van der Waals surface area (Å²) in [6.45, 7) is 9.31. The van der Waals surface area contributed by atoms with E-state index in [-0.39, 0.29) is 5.54 Å². The first-order valence-corrected chi connectivity index (χ1v) is 7.21. The van der Waals surface area contributed by atoms with E-state index in [0.29, 0.717) is 5.15 Å². The highest BCUT2D eigenvalue weighted by Crippen LogP contribution is 2.22. The molecule has 0 unspecified atom stereocenters. The zero-order chi connectivity index (χ0) is 14.8. The van der Waals surface area contributed by atoms with Gasteiger partial charge in [-0.1, -0.05) is 35.9 Å². The minimum Gasteiger partial charge on any atom is -0.309 e. The lowest BCUT2D eigenvalue weighted by Gasteiger charge is -2.18. The van der Waals surface area contributed by atoms with Crippen molar-refractivity contribution >= 4 is 28.6 Å². The fourth-order valence-electron chi connectivity index (χ4n) is 1.94. The SMILES string of the molecule is Cc1ccc2cc(C=CCNC(C)(C)C)c(Cl)nc2c1. The van der Waals surface area contributed by atoms with Gasteiger partial charge in [-0.05, 0) is 45.4 Å². The Morgan fingerprint density at radius 3 is 2.70 bits per heavy atom. The van der Waals surface area contributed by atoms with Gasteiger partial charge in [-0.3, -0.25) is 0 Å². The lowest BCUT2D eigenvalue weighted by molar-refractivity contribution is 0.450. The molecule has 0 radical (unpaired) electrons. The molecule has 2 rings (SSSR count). The van der Waals surface area contributed by atoms with E-state index in [9.17, 15) is 0 Å². The van der Waals surface area contributed by atoms with E-state index < -0.39 is 0 Å². The smallest absolute Gasteiger partial charge is 0.136 e. The number of pyridine rings is 1. The number of aryl methyl sites for hydroxylation is 1. The van der Waals surface area contributed by atoms with E-state index >= 15 is 0 Å². The first-order valence-electron chi connectivity index (χ1n) is 6.84. The monoisotopic (exact) mass is 288 g/mol. The molecule has 0 saturated heterocycles. The van der Waals surface area contributed by atoms with Gasteiger partial charge in [0.2, 0.25) is 0 Å². The van der Waals surface area contributed by atoms with Crippen molar-refractivity contribution in [2.45, 2.75) is 33.2 Å². The Bertz CT molecular complexity index is 639. The molecule has 20 heavy (non-hydrogen) atoms. The minimum absolute atomic E-state index is 0.118. The van der Waals surface area contributed by atoms with E-state index in [0.717, 1.165) is 23.0 Å². The minimum atomic E-state index is 0.118. The Balaban J connectivity index is 2.20. The van der Waals surface area contributed by atoms with Crippen LogP contribution in [0, 0.1) is 6.92 Å². The van der Waals surface area contributed by atoms with E-state index in [2.05, 4.69) is 68.3 Å². The largest absolute Gasteiger partial charge is 0.309 e. The van der Waals surface area contributed by atoms with Crippen molar-refractivity contribution in [3.05, 3.63) is 46.6 Å². The van der Waals surface area contributed by atoms with Gasteiger partial charge >= 0.3 is 0 Å². The Morgan fingerprint density at radius 1 is 1.25 bits per heavy atom.